The van der Waals surface area contributed by atoms with E-state index in [1.54, 1.807) is 24.5 Å². The highest BCUT2D eigenvalue weighted by Gasteiger charge is 2.06. The van der Waals surface area contributed by atoms with Crippen LogP contribution in [0.4, 0.5) is 0 Å². The number of ether oxygens (including phenoxy) is 1. The van der Waals surface area contributed by atoms with Gasteiger partial charge in [0.2, 0.25) is 5.88 Å². The fraction of sp³-hybridized carbons (Fsp3) is 0.167. The lowest BCUT2D eigenvalue weighted by Gasteiger charge is -2.07. The summed E-state index contributed by atoms with van der Waals surface area (Å²) in [5.74, 6) is 0.963. The zero-order valence-electron chi connectivity index (χ0n) is 9.65. The van der Waals surface area contributed by atoms with Crippen LogP contribution in [0, 0.1) is 0 Å². The lowest BCUT2D eigenvalue weighted by atomic mass is 10.3. The molecule has 1 heterocycles. The van der Waals surface area contributed by atoms with E-state index in [1.165, 1.54) is 0 Å². The van der Waals surface area contributed by atoms with Crippen molar-refractivity contribution in [1.29, 1.82) is 0 Å². The third-order valence-electron chi connectivity index (χ3n) is 2.13. The van der Waals surface area contributed by atoms with Crippen LogP contribution < -0.4 is 10.1 Å². The molecular weight excluding hydrogens is 318 g/mol. The van der Waals surface area contributed by atoms with E-state index >= 15 is 0 Å². The molecule has 0 unspecified atom stereocenters. The number of hydrogen-bond donors (Lipinski definition) is 1. The molecule has 0 saturated heterocycles. The molecule has 0 atom stereocenters. The Balaban J connectivity index is 2.22. The number of benzene rings is 1. The first-order chi connectivity index (χ1) is 8.69. The van der Waals surface area contributed by atoms with Crippen LogP contribution >= 0.6 is 27.5 Å². The van der Waals surface area contributed by atoms with Gasteiger partial charge in [-0.2, -0.15) is 0 Å². The molecular formula is C12H11BrClN3O. The first-order valence-electron chi connectivity index (χ1n) is 5.27. The average molecular weight is 329 g/mol. The maximum absolute atomic E-state index is 6.04. The van der Waals surface area contributed by atoms with Gasteiger partial charge in [0.15, 0.2) is 0 Å². The van der Waals surface area contributed by atoms with Gasteiger partial charge in [-0.15, -0.1) is 0 Å². The third-order valence-corrected chi connectivity index (χ3v) is 2.93. The normalized spacial score (nSPS) is 10.4. The predicted octanol–water partition coefficient (Wildman–Crippen LogP) is 3.40. The molecule has 94 valence electrons. The summed E-state index contributed by atoms with van der Waals surface area (Å²) in [6, 6.07) is 5.39. The van der Waals surface area contributed by atoms with Crippen LogP contribution in [0.2, 0.25) is 5.02 Å². The minimum absolute atomic E-state index is 0.419. The van der Waals surface area contributed by atoms with Crippen LogP contribution in [-0.2, 0) is 6.54 Å². The Hall–Kier alpha value is -1.17. The number of rotatable bonds is 4. The Morgan fingerprint density at radius 1 is 1.39 bits per heavy atom. The molecule has 2 aromatic rings. The molecule has 0 saturated carbocycles. The van der Waals surface area contributed by atoms with Crippen molar-refractivity contribution >= 4 is 27.5 Å². The topological polar surface area (TPSA) is 47.0 Å². The number of aromatic nitrogens is 2. The highest BCUT2D eigenvalue weighted by Crippen LogP contribution is 2.30. The fourth-order valence-corrected chi connectivity index (χ4v) is 1.87. The zero-order chi connectivity index (χ0) is 13.0. The monoisotopic (exact) mass is 327 g/mol. The van der Waals surface area contributed by atoms with E-state index in [0.29, 0.717) is 23.2 Å². The molecule has 0 spiro atoms. The van der Waals surface area contributed by atoms with Crippen molar-refractivity contribution in [2.45, 2.75) is 6.54 Å². The molecule has 0 amide bonds. The second-order valence-corrected chi connectivity index (χ2v) is 4.88. The van der Waals surface area contributed by atoms with Gasteiger partial charge >= 0.3 is 0 Å². The number of hydrogen-bond acceptors (Lipinski definition) is 4. The van der Waals surface area contributed by atoms with Crippen LogP contribution in [0.3, 0.4) is 0 Å². The summed E-state index contributed by atoms with van der Waals surface area (Å²) < 4.78 is 6.50. The molecule has 0 bridgehead atoms. The Kier molecular flexibility index (Phi) is 4.52. The summed E-state index contributed by atoms with van der Waals surface area (Å²) in [6.07, 6.45) is 3.24. The summed E-state index contributed by atoms with van der Waals surface area (Å²) in [5, 5.41) is 3.53. The molecule has 6 heteroatoms. The van der Waals surface area contributed by atoms with Gasteiger partial charge in [0.1, 0.15) is 5.75 Å². The lowest BCUT2D eigenvalue weighted by Crippen LogP contribution is -2.07. The largest absolute Gasteiger partial charge is 0.436 e. The minimum atomic E-state index is 0.419. The molecule has 0 fully saturated rings. The van der Waals surface area contributed by atoms with E-state index in [2.05, 4.69) is 31.2 Å². The summed E-state index contributed by atoms with van der Waals surface area (Å²) >= 11 is 9.41. The number of halogens is 2. The predicted molar refractivity (Wildman–Crippen MR) is 74.0 cm³/mol. The molecule has 0 aliphatic carbocycles. The molecule has 1 aromatic carbocycles. The van der Waals surface area contributed by atoms with Gasteiger partial charge in [0.25, 0.3) is 0 Å². The fourth-order valence-electron chi connectivity index (χ4n) is 1.37. The van der Waals surface area contributed by atoms with Crippen LogP contribution in [-0.4, -0.2) is 17.0 Å². The van der Waals surface area contributed by atoms with E-state index < -0.39 is 0 Å². The van der Waals surface area contributed by atoms with Gasteiger partial charge < -0.3 is 10.1 Å². The molecule has 2 rings (SSSR count). The summed E-state index contributed by atoms with van der Waals surface area (Å²) in [7, 11) is 1.85. The molecule has 1 aromatic heterocycles. The van der Waals surface area contributed by atoms with Crippen LogP contribution in [0.5, 0.6) is 11.6 Å². The Labute approximate surface area is 118 Å². The van der Waals surface area contributed by atoms with Gasteiger partial charge in [0, 0.05) is 17.2 Å². The highest BCUT2D eigenvalue weighted by molar-refractivity contribution is 9.10. The standard InChI is InChI=1S/C12H11BrClN3O/c1-15-5-9-6-16-7-12(17-9)18-11-4-8(13)2-3-10(11)14/h2-4,6-7,15H,5H2,1H3. The molecule has 0 aliphatic rings. The van der Waals surface area contributed by atoms with Crippen molar-refractivity contribution in [3.05, 3.63) is 45.8 Å². The Bertz CT molecular complexity index is 551. The van der Waals surface area contributed by atoms with E-state index in [9.17, 15) is 0 Å². The van der Waals surface area contributed by atoms with Gasteiger partial charge in [-0.1, -0.05) is 27.5 Å². The first-order valence-corrected chi connectivity index (χ1v) is 6.44. The summed E-state index contributed by atoms with van der Waals surface area (Å²) in [5.41, 5.74) is 0.807. The second kappa shape index (κ2) is 6.13. The maximum Gasteiger partial charge on any atom is 0.238 e. The van der Waals surface area contributed by atoms with Gasteiger partial charge in [-0.05, 0) is 25.2 Å². The molecule has 1 N–H and O–H groups in total. The van der Waals surface area contributed by atoms with Gasteiger partial charge in [0.05, 0.1) is 16.9 Å². The second-order valence-electron chi connectivity index (χ2n) is 3.56. The van der Waals surface area contributed by atoms with Gasteiger partial charge in [-0.25, -0.2) is 4.98 Å². The van der Waals surface area contributed by atoms with Crippen molar-refractivity contribution in [3.8, 4) is 11.6 Å². The van der Waals surface area contributed by atoms with Gasteiger partial charge in [-0.3, -0.25) is 4.98 Å². The maximum atomic E-state index is 6.04. The van der Waals surface area contributed by atoms with E-state index in [-0.39, 0.29) is 0 Å². The SMILES string of the molecule is CNCc1cncc(Oc2cc(Br)ccc2Cl)n1. The first kappa shape index (κ1) is 13.3. The van der Waals surface area contributed by atoms with Crippen LogP contribution in [0.15, 0.2) is 35.1 Å². The van der Waals surface area contributed by atoms with Crippen LogP contribution in [0.25, 0.3) is 0 Å². The lowest BCUT2D eigenvalue weighted by molar-refractivity contribution is 0.457. The Morgan fingerprint density at radius 3 is 3.00 bits per heavy atom. The number of nitrogens with zero attached hydrogens (tertiary/aromatic N) is 2. The van der Waals surface area contributed by atoms with Crippen molar-refractivity contribution < 1.29 is 4.74 Å². The number of nitrogens with one attached hydrogen (secondary N) is 1. The quantitative estimate of drug-likeness (QED) is 0.934. The molecule has 18 heavy (non-hydrogen) atoms. The highest BCUT2D eigenvalue weighted by atomic mass is 79.9. The van der Waals surface area contributed by atoms with Crippen LogP contribution in [0.1, 0.15) is 5.69 Å². The summed E-state index contributed by atoms with van der Waals surface area (Å²) in [4.78, 5) is 8.38. The minimum Gasteiger partial charge on any atom is -0.436 e. The average Bonchev–Trinajstić information content (AvgIpc) is 2.35. The molecule has 4 nitrogen and oxygen atoms in total. The van der Waals surface area contributed by atoms with Crippen molar-refractivity contribution in [2.24, 2.45) is 0 Å². The van der Waals surface area contributed by atoms with Crippen molar-refractivity contribution in [3.63, 3.8) is 0 Å². The van der Waals surface area contributed by atoms with E-state index in [1.807, 2.05) is 13.1 Å². The molecule has 0 aliphatic heterocycles. The Morgan fingerprint density at radius 2 is 2.22 bits per heavy atom. The van der Waals surface area contributed by atoms with E-state index in [0.717, 1.165) is 10.2 Å². The van der Waals surface area contributed by atoms with Crippen molar-refractivity contribution in [2.75, 3.05) is 7.05 Å². The molecule has 0 radical (unpaired) electrons. The van der Waals surface area contributed by atoms with Crippen molar-refractivity contribution in [1.82, 2.24) is 15.3 Å². The third kappa shape index (κ3) is 3.41. The zero-order valence-corrected chi connectivity index (χ0v) is 12.0. The van der Waals surface area contributed by atoms with E-state index in [4.69, 9.17) is 16.3 Å². The summed E-state index contributed by atoms with van der Waals surface area (Å²) in [6.45, 7) is 0.635. The smallest absolute Gasteiger partial charge is 0.238 e.